The number of nitrogens with two attached hydrogens (primary N) is 1. The van der Waals surface area contributed by atoms with Crippen LogP contribution in [0, 0.1) is 11.3 Å². The number of aromatic nitrogens is 2. The highest BCUT2D eigenvalue weighted by atomic mass is 16.6. The fraction of sp³-hybridized carbons (Fsp3) is 0.286. The number of nitriles is 1. The zero-order chi connectivity index (χ0) is 21.3. The molecule has 1 aliphatic rings. The number of carbonyl (C=O) groups is 1. The molecule has 0 bridgehead atoms. The number of anilines is 1. The molecule has 9 nitrogen and oxygen atoms in total. The number of benzene rings is 1. The number of hydrogen-bond donors (Lipinski definition) is 3. The second-order valence-electron chi connectivity index (χ2n) is 7.09. The Hall–Kier alpha value is -3.45. The molecule has 1 fully saturated rings. The van der Waals surface area contributed by atoms with Gasteiger partial charge >= 0.3 is 5.97 Å². The first-order valence-corrected chi connectivity index (χ1v) is 9.33. The summed E-state index contributed by atoms with van der Waals surface area (Å²) in [4.78, 5) is 12.1. The molecule has 30 heavy (non-hydrogen) atoms. The van der Waals surface area contributed by atoms with Crippen molar-refractivity contribution < 1.29 is 24.5 Å². The molecule has 9 heteroatoms. The zero-order valence-electron chi connectivity index (χ0n) is 15.9. The van der Waals surface area contributed by atoms with Crippen molar-refractivity contribution in [1.82, 2.24) is 9.61 Å². The molecule has 1 aliphatic heterocycles. The minimum absolute atomic E-state index is 0.0577. The largest absolute Gasteiger partial charge is 0.463 e. The Kier molecular flexibility index (Phi) is 5.13. The third kappa shape index (κ3) is 3.27. The lowest BCUT2D eigenvalue weighted by Crippen LogP contribution is -2.41. The molecule has 0 spiro atoms. The minimum Gasteiger partial charge on any atom is -0.463 e. The van der Waals surface area contributed by atoms with E-state index in [0.29, 0.717) is 11.2 Å². The fourth-order valence-corrected chi connectivity index (χ4v) is 3.62. The molecule has 0 aliphatic carbocycles. The van der Waals surface area contributed by atoms with Crippen molar-refractivity contribution in [3.8, 4) is 6.07 Å². The summed E-state index contributed by atoms with van der Waals surface area (Å²) >= 11 is 0. The van der Waals surface area contributed by atoms with E-state index < -0.39 is 29.9 Å². The van der Waals surface area contributed by atoms with Crippen LogP contribution >= 0.6 is 0 Å². The van der Waals surface area contributed by atoms with E-state index in [-0.39, 0.29) is 18.7 Å². The van der Waals surface area contributed by atoms with Crippen LogP contribution in [0.1, 0.15) is 11.3 Å². The summed E-state index contributed by atoms with van der Waals surface area (Å²) in [5, 5.41) is 35.2. The summed E-state index contributed by atoms with van der Waals surface area (Å²) in [6.07, 6.45) is -2.60. The number of hydrogen-bond acceptors (Lipinski definition) is 8. The maximum Gasteiger partial charge on any atom is 0.310 e. The van der Waals surface area contributed by atoms with Crippen LogP contribution in [-0.4, -0.2) is 50.7 Å². The van der Waals surface area contributed by atoms with Crippen LogP contribution in [0.5, 0.6) is 0 Å². The van der Waals surface area contributed by atoms with Crippen molar-refractivity contribution >= 4 is 17.2 Å². The lowest BCUT2D eigenvalue weighted by molar-refractivity contribution is -0.149. The second kappa shape index (κ2) is 7.76. The summed E-state index contributed by atoms with van der Waals surface area (Å²) < 4.78 is 12.4. The number of carbonyl (C=O) groups excluding carboxylic acids is 1. The van der Waals surface area contributed by atoms with E-state index in [2.05, 4.69) is 5.10 Å². The van der Waals surface area contributed by atoms with E-state index in [4.69, 9.17) is 15.2 Å². The van der Waals surface area contributed by atoms with E-state index in [1.165, 1.54) is 10.7 Å². The van der Waals surface area contributed by atoms with Gasteiger partial charge in [-0.25, -0.2) is 4.52 Å². The van der Waals surface area contributed by atoms with E-state index >= 15 is 0 Å². The van der Waals surface area contributed by atoms with Gasteiger partial charge in [0.1, 0.15) is 31.0 Å². The van der Waals surface area contributed by atoms with Gasteiger partial charge in [-0.1, -0.05) is 30.3 Å². The van der Waals surface area contributed by atoms with Gasteiger partial charge in [0.2, 0.25) is 5.60 Å². The van der Waals surface area contributed by atoms with Crippen LogP contribution in [0.3, 0.4) is 0 Å². The topological polar surface area (TPSA) is 143 Å². The molecule has 4 atom stereocenters. The summed E-state index contributed by atoms with van der Waals surface area (Å²) in [6.45, 7) is -0.313. The van der Waals surface area contributed by atoms with E-state index in [9.17, 15) is 20.3 Å². The average Bonchev–Trinajstić information content (AvgIpc) is 3.29. The molecule has 1 aromatic carbocycles. The molecule has 0 amide bonds. The Bertz CT molecular complexity index is 1110. The van der Waals surface area contributed by atoms with Crippen LogP contribution in [0.15, 0.2) is 54.7 Å². The van der Waals surface area contributed by atoms with Crippen molar-refractivity contribution in [2.75, 3.05) is 12.3 Å². The van der Waals surface area contributed by atoms with Crippen molar-refractivity contribution in [1.29, 1.82) is 5.26 Å². The Morgan fingerprint density at radius 1 is 1.27 bits per heavy atom. The van der Waals surface area contributed by atoms with E-state index in [1.807, 2.05) is 24.3 Å². The summed E-state index contributed by atoms with van der Waals surface area (Å²) in [5.74, 6) is -0.511. The smallest absolute Gasteiger partial charge is 0.310 e. The third-order valence-corrected chi connectivity index (χ3v) is 5.19. The molecule has 1 saturated heterocycles. The number of rotatable bonds is 5. The summed E-state index contributed by atoms with van der Waals surface area (Å²) in [6, 6.07) is 15.8. The Labute approximate surface area is 171 Å². The van der Waals surface area contributed by atoms with Gasteiger partial charge in [0, 0.05) is 6.20 Å². The molecule has 0 radical (unpaired) electrons. The number of aliphatic hydroxyl groups excluding tert-OH is 2. The molecule has 2 aromatic heterocycles. The van der Waals surface area contributed by atoms with Gasteiger partial charge in [0.15, 0.2) is 0 Å². The average molecular weight is 408 g/mol. The predicted octanol–water partition coefficient (Wildman–Crippen LogP) is 0.542. The molecule has 3 heterocycles. The van der Waals surface area contributed by atoms with Crippen LogP contribution in [-0.2, 0) is 26.3 Å². The maximum atomic E-state index is 12.1. The van der Waals surface area contributed by atoms with Crippen LogP contribution in [0.4, 0.5) is 5.69 Å². The number of nitrogen functional groups attached to an aromatic ring is 1. The van der Waals surface area contributed by atoms with Gasteiger partial charge in [-0.2, -0.15) is 10.4 Å². The number of ether oxygens (including phenoxy) is 2. The lowest BCUT2D eigenvalue weighted by atomic mass is 9.92. The monoisotopic (exact) mass is 408 g/mol. The highest BCUT2D eigenvalue weighted by Crippen LogP contribution is 2.40. The maximum absolute atomic E-state index is 12.1. The first-order valence-electron chi connectivity index (χ1n) is 9.33. The van der Waals surface area contributed by atoms with E-state index in [1.54, 1.807) is 30.3 Å². The number of esters is 1. The van der Waals surface area contributed by atoms with E-state index in [0.717, 1.165) is 5.56 Å². The minimum atomic E-state index is -1.90. The molecule has 3 aromatic rings. The summed E-state index contributed by atoms with van der Waals surface area (Å²) in [7, 11) is 0. The predicted molar refractivity (Wildman–Crippen MR) is 105 cm³/mol. The third-order valence-electron chi connectivity index (χ3n) is 5.19. The molecule has 0 unspecified atom stereocenters. The fourth-order valence-electron chi connectivity index (χ4n) is 3.62. The number of aliphatic hydroxyl groups is 2. The number of nitrogens with zero attached hydrogens (tertiary/aromatic N) is 3. The van der Waals surface area contributed by atoms with Gasteiger partial charge in [0.25, 0.3) is 0 Å². The summed E-state index contributed by atoms with van der Waals surface area (Å²) in [5.41, 5.74) is 6.00. The van der Waals surface area contributed by atoms with Gasteiger partial charge in [0.05, 0.1) is 23.3 Å². The van der Waals surface area contributed by atoms with Crippen LogP contribution < -0.4 is 5.73 Å². The molecular weight excluding hydrogens is 388 g/mol. The Balaban J connectivity index is 1.53. The Morgan fingerprint density at radius 2 is 2.03 bits per heavy atom. The van der Waals surface area contributed by atoms with Gasteiger partial charge in [-0.15, -0.1) is 0 Å². The molecule has 154 valence electrons. The van der Waals surface area contributed by atoms with Crippen LogP contribution in [0.25, 0.3) is 5.52 Å². The lowest BCUT2D eigenvalue weighted by Gasteiger charge is -2.24. The highest BCUT2D eigenvalue weighted by molar-refractivity contribution is 5.72. The molecular formula is C21H20N4O5. The SMILES string of the molecule is N#C[C@@]1(c2ccc3c(N)ccnn23)O[C@H](COC(=O)Cc2ccccc2)[C@@H](O)[C@H]1O. The van der Waals surface area contributed by atoms with Gasteiger partial charge in [-0.05, 0) is 23.8 Å². The normalized spacial score (nSPS) is 25.8. The Morgan fingerprint density at radius 3 is 2.77 bits per heavy atom. The van der Waals surface area contributed by atoms with Crippen LogP contribution in [0.2, 0.25) is 0 Å². The zero-order valence-corrected chi connectivity index (χ0v) is 15.9. The number of fused-ring (bicyclic) bond motifs is 1. The van der Waals surface area contributed by atoms with Crippen molar-refractivity contribution in [2.24, 2.45) is 0 Å². The van der Waals surface area contributed by atoms with Crippen molar-refractivity contribution in [3.05, 3.63) is 66.0 Å². The molecule has 0 saturated carbocycles. The first kappa shape index (κ1) is 19.8. The van der Waals surface area contributed by atoms with Gasteiger partial charge in [-0.3, -0.25) is 4.79 Å². The van der Waals surface area contributed by atoms with Crippen molar-refractivity contribution in [3.63, 3.8) is 0 Å². The first-order chi connectivity index (χ1) is 14.5. The van der Waals surface area contributed by atoms with Crippen molar-refractivity contribution in [2.45, 2.75) is 30.3 Å². The highest BCUT2D eigenvalue weighted by Gasteiger charge is 2.57. The molecule has 4 N–H and O–H groups in total. The second-order valence-corrected chi connectivity index (χ2v) is 7.09. The van der Waals surface area contributed by atoms with Gasteiger partial charge < -0.3 is 25.4 Å². The molecule has 4 rings (SSSR count). The quantitative estimate of drug-likeness (QED) is 0.519. The standard InChI is InChI=1S/C21H20N4O5/c22-12-21(17-7-6-15-14(23)8-9-24-25(15)17)20(28)19(27)16(30-21)11-29-18(26)10-13-4-2-1-3-5-13/h1-9,16,19-20,27-28H,10-11,23H2/t16-,19-,20-,21+/m1/s1.